The third-order valence-corrected chi connectivity index (χ3v) is 7.10. The van der Waals surface area contributed by atoms with Crippen molar-refractivity contribution >= 4 is 39.1 Å². The molecule has 9 heteroatoms. The first-order valence-electron chi connectivity index (χ1n) is 11.4. The predicted molar refractivity (Wildman–Crippen MR) is 143 cm³/mol. The highest BCUT2D eigenvalue weighted by atomic mass is 35.5. The lowest BCUT2D eigenvalue weighted by atomic mass is 10.0. The van der Waals surface area contributed by atoms with E-state index >= 15 is 0 Å². The highest BCUT2D eigenvalue weighted by Gasteiger charge is 2.32. The fourth-order valence-corrected chi connectivity index (χ4v) is 5.00. The van der Waals surface area contributed by atoms with E-state index in [-0.39, 0.29) is 18.9 Å². The van der Waals surface area contributed by atoms with E-state index in [1.54, 1.807) is 36.4 Å². The summed E-state index contributed by atoms with van der Waals surface area (Å²) < 4.78 is 26.5. The van der Waals surface area contributed by atoms with E-state index in [0.29, 0.717) is 10.7 Å². The SMILES string of the molecule is CNC(=O)C(Cc1ccccc1)N(Cc1cccc(Cl)c1)C(=O)CN(c1cccc(C)c1)S(C)(=O)=O. The molecule has 0 radical (unpaired) electrons. The lowest BCUT2D eigenvalue weighted by molar-refractivity contribution is -0.139. The van der Waals surface area contributed by atoms with Crippen LogP contribution in [0.3, 0.4) is 0 Å². The number of carbonyl (C=O) groups is 2. The molecule has 3 aromatic carbocycles. The molecule has 7 nitrogen and oxygen atoms in total. The van der Waals surface area contributed by atoms with E-state index in [0.717, 1.165) is 27.3 Å². The van der Waals surface area contributed by atoms with Crippen molar-refractivity contribution in [3.8, 4) is 0 Å². The smallest absolute Gasteiger partial charge is 0.244 e. The number of nitrogens with one attached hydrogen (secondary N) is 1. The molecule has 190 valence electrons. The minimum atomic E-state index is -3.79. The van der Waals surface area contributed by atoms with Gasteiger partial charge in [-0.25, -0.2) is 8.42 Å². The van der Waals surface area contributed by atoms with Crippen LogP contribution in [0.4, 0.5) is 5.69 Å². The monoisotopic (exact) mass is 527 g/mol. The van der Waals surface area contributed by atoms with Crippen molar-refractivity contribution in [2.75, 3.05) is 24.2 Å². The lowest BCUT2D eigenvalue weighted by Crippen LogP contribution is -2.52. The fourth-order valence-electron chi connectivity index (χ4n) is 3.95. The zero-order valence-electron chi connectivity index (χ0n) is 20.5. The van der Waals surface area contributed by atoms with Crippen LogP contribution in [0.15, 0.2) is 78.9 Å². The molecule has 1 N–H and O–H groups in total. The first-order chi connectivity index (χ1) is 17.1. The molecule has 0 aliphatic rings. The van der Waals surface area contributed by atoms with Gasteiger partial charge in [0, 0.05) is 25.0 Å². The molecule has 36 heavy (non-hydrogen) atoms. The van der Waals surface area contributed by atoms with Gasteiger partial charge >= 0.3 is 0 Å². The van der Waals surface area contributed by atoms with Crippen molar-refractivity contribution < 1.29 is 18.0 Å². The number of amides is 2. The molecule has 3 aromatic rings. The van der Waals surface area contributed by atoms with Crippen LogP contribution in [0.1, 0.15) is 16.7 Å². The molecule has 1 unspecified atom stereocenters. The summed E-state index contributed by atoms with van der Waals surface area (Å²) in [5.74, 6) is -0.859. The largest absolute Gasteiger partial charge is 0.357 e. The quantitative estimate of drug-likeness (QED) is 0.434. The summed E-state index contributed by atoms with van der Waals surface area (Å²) in [4.78, 5) is 28.3. The number of aryl methyl sites for hydroxylation is 1. The first-order valence-corrected chi connectivity index (χ1v) is 13.6. The van der Waals surface area contributed by atoms with Gasteiger partial charge in [0.05, 0.1) is 11.9 Å². The minimum Gasteiger partial charge on any atom is -0.357 e. The number of nitrogens with zero attached hydrogens (tertiary/aromatic N) is 2. The summed E-state index contributed by atoms with van der Waals surface area (Å²) in [6, 6.07) is 22.4. The van der Waals surface area contributed by atoms with Crippen molar-refractivity contribution in [1.82, 2.24) is 10.2 Å². The van der Waals surface area contributed by atoms with E-state index in [1.165, 1.54) is 11.9 Å². The molecule has 0 spiro atoms. The summed E-state index contributed by atoms with van der Waals surface area (Å²) in [5, 5.41) is 3.15. The maximum Gasteiger partial charge on any atom is 0.244 e. The Kier molecular flexibility index (Phi) is 9.12. The maximum atomic E-state index is 13.8. The van der Waals surface area contributed by atoms with E-state index in [2.05, 4.69) is 5.32 Å². The molecule has 0 aliphatic carbocycles. The number of hydrogen-bond donors (Lipinski definition) is 1. The fraction of sp³-hybridized carbons (Fsp3) is 0.259. The number of sulfonamides is 1. The van der Waals surface area contributed by atoms with Crippen LogP contribution in [-0.2, 0) is 32.6 Å². The number of carbonyl (C=O) groups excluding carboxylic acids is 2. The van der Waals surface area contributed by atoms with Crippen molar-refractivity contribution in [3.05, 3.63) is 101 Å². The first kappa shape index (κ1) is 27.2. The summed E-state index contributed by atoms with van der Waals surface area (Å²) >= 11 is 6.18. The van der Waals surface area contributed by atoms with Crippen LogP contribution in [0, 0.1) is 6.92 Å². The van der Waals surface area contributed by atoms with Crippen molar-refractivity contribution in [2.24, 2.45) is 0 Å². The van der Waals surface area contributed by atoms with E-state index < -0.39 is 28.5 Å². The normalized spacial score (nSPS) is 12.0. The Balaban J connectivity index is 2.03. The molecule has 0 aliphatic heterocycles. The molecule has 2 amide bonds. The number of likely N-dealkylation sites (N-methyl/N-ethyl adjacent to an activating group) is 1. The van der Waals surface area contributed by atoms with Crippen LogP contribution in [0.5, 0.6) is 0 Å². The lowest BCUT2D eigenvalue weighted by Gasteiger charge is -2.33. The van der Waals surface area contributed by atoms with Crippen molar-refractivity contribution in [1.29, 1.82) is 0 Å². The molecular formula is C27H30ClN3O4S. The Labute approximate surface area is 217 Å². The van der Waals surface area contributed by atoms with Gasteiger partial charge in [0.15, 0.2) is 0 Å². The Hall–Kier alpha value is -3.36. The molecule has 0 fully saturated rings. The maximum absolute atomic E-state index is 13.8. The standard InChI is InChI=1S/C27H30ClN3O4S/c1-20-9-7-14-24(15-20)31(36(3,34)35)19-26(32)30(18-22-12-8-13-23(28)16-22)25(27(33)29-2)17-21-10-5-4-6-11-21/h4-16,25H,17-19H2,1-3H3,(H,29,33). The summed E-state index contributed by atoms with van der Waals surface area (Å²) in [5.41, 5.74) is 2.83. The molecule has 0 aromatic heterocycles. The van der Waals surface area contributed by atoms with Crippen LogP contribution < -0.4 is 9.62 Å². The van der Waals surface area contributed by atoms with Crippen LogP contribution >= 0.6 is 11.6 Å². The molecule has 0 heterocycles. The molecule has 0 saturated heterocycles. The third kappa shape index (κ3) is 7.32. The zero-order valence-corrected chi connectivity index (χ0v) is 22.1. The second-order valence-corrected chi connectivity index (χ2v) is 10.9. The number of benzene rings is 3. The Morgan fingerprint density at radius 3 is 2.22 bits per heavy atom. The summed E-state index contributed by atoms with van der Waals surface area (Å²) in [7, 11) is -2.28. The Bertz CT molecular complexity index is 1320. The van der Waals surface area contributed by atoms with Gasteiger partial charge < -0.3 is 10.2 Å². The van der Waals surface area contributed by atoms with Gasteiger partial charge in [0.25, 0.3) is 0 Å². The molecule has 3 rings (SSSR count). The van der Waals surface area contributed by atoms with Gasteiger partial charge in [-0.2, -0.15) is 0 Å². The minimum absolute atomic E-state index is 0.0791. The van der Waals surface area contributed by atoms with Crippen LogP contribution in [0.2, 0.25) is 5.02 Å². The van der Waals surface area contributed by atoms with Crippen molar-refractivity contribution in [3.63, 3.8) is 0 Å². The van der Waals surface area contributed by atoms with Gasteiger partial charge in [-0.15, -0.1) is 0 Å². The van der Waals surface area contributed by atoms with E-state index in [4.69, 9.17) is 11.6 Å². The number of hydrogen-bond acceptors (Lipinski definition) is 4. The molecule has 0 bridgehead atoms. The number of rotatable bonds is 10. The average Bonchev–Trinajstić information content (AvgIpc) is 2.84. The van der Waals surface area contributed by atoms with Gasteiger partial charge in [-0.05, 0) is 47.9 Å². The third-order valence-electron chi connectivity index (χ3n) is 5.73. The average molecular weight is 528 g/mol. The predicted octanol–water partition coefficient (Wildman–Crippen LogP) is 3.80. The van der Waals surface area contributed by atoms with Gasteiger partial charge in [0.2, 0.25) is 21.8 Å². The topological polar surface area (TPSA) is 86.8 Å². The highest BCUT2D eigenvalue weighted by Crippen LogP contribution is 2.22. The Morgan fingerprint density at radius 1 is 0.944 bits per heavy atom. The Morgan fingerprint density at radius 2 is 1.61 bits per heavy atom. The number of halogens is 1. The summed E-state index contributed by atoms with van der Waals surface area (Å²) in [6.07, 6.45) is 1.32. The second-order valence-electron chi connectivity index (χ2n) is 8.58. The highest BCUT2D eigenvalue weighted by molar-refractivity contribution is 7.92. The van der Waals surface area contributed by atoms with Gasteiger partial charge in [-0.1, -0.05) is 66.2 Å². The van der Waals surface area contributed by atoms with Gasteiger partial charge in [-0.3, -0.25) is 13.9 Å². The number of anilines is 1. The van der Waals surface area contributed by atoms with E-state index in [1.807, 2.05) is 49.4 Å². The van der Waals surface area contributed by atoms with Crippen LogP contribution in [-0.4, -0.2) is 51.0 Å². The van der Waals surface area contributed by atoms with Gasteiger partial charge in [0.1, 0.15) is 12.6 Å². The molecule has 0 saturated carbocycles. The van der Waals surface area contributed by atoms with Crippen LogP contribution in [0.25, 0.3) is 0 Å². The second kappa shape index (κ2) is 12.1. The van der Waals surface area contributed by atoms with E-state index in [9.17, 15) is 18.0 Å². The zero-order chi connectivity index (χ0) is 26.3. The summed E-state index contributed by atoms with van der Waals surface area (Å²) in [6.45, 7) is 1.47. The molecule has 1 atom stereocenters. The molecular weight excluding hydrogens is 498 g/mol. The van der Waals surface area contributed by atoms with Crippen molar-refractivity contribution in [2.45, 2.75) is 25.9 Å².